The van der Waals surface area contributed by atoms with Crippen LogP contribution in [0.2, 0.25) is 0 Å². The molecule has 1 N–H and O–H groups in total. The predicted molar refractivity (Wildman–Crippen MR) is 78.7 cm³/mol. The molecule has 1 amide bonds. The number of alkyl halides is 3. The summed E-state index contributed by atoms with van der Waals surface area (Å²) in [5.74, 6) is 0.319. The topological polar surface area (TPSA) is 40.5 Å². The van der Waals surface area contributed by atoms with Crippen LogP contribution in [0.3, 0.4) is 0 Å². The lowest BCUT2D eigenvalue weighted by Gasteiger charge is -2.34. The van der Waals surface area contributed by atoms with E-state index in [1.165, 1.54) is 12.1 Å². The third-order valence-corrected chi connectivity index (χ3v) is 4.89. The van der Waals surface area contributed by atoms with Crippen molar-refractivity contribution in [1.29, 1.82) is 0 Å². The lowest BCUT2D eigenvalue weighted by Crippen LogP contribution is -2.40. The fraction of sp³-hybridized carbons (Fsp3) is 0.588. The van der Waals surface area contributed by atoms with Gasteiger partial charge >= 0.3 is 6.18 Å². The molecule has 0 aliphatic heterocycles. The fourth-order valence-corrected chi connectivity index (χ4v) is 3.37. The number of carbonyl (C=O) groups is 1. The second-order valence-electron chi connectivity index (χ2n) is 6.78. The number of amides is 1. The molecule has 1 aromatic carbocycles. The van der Waals surface area contributed by atoms with Gasteiger partial charge in [-0.1, -0.05) is 12.1 Å². The Labute approximate surface area is 133 Å². The maximum absolute atomic E-state index is 12.6. The van der Waals surface area contributed by atoms with Crippen LogP contribution in [0.5, 0.6) is 0 Å². The van der Waals surface area contributed by atoms with Gasteiger partial charge in [0.15, 0.2) is 0 Å². The normalized spacial score (nSPS) is 29.8. The Hall–Kier alpha value is -1.56. The Balaban J connectivity index is 1.55. The highest BCUT2D eigenvalue weighted by molar-refractivity contribution is 5.82. The first-order valence-corrected chi connectivity index (χ1v) is 7.86. The Bertz CT molecular complexity index is 578. The van der Waals surface area contributed by atoms with Gasteiger partial charge in [0.1, 0.15) is 0 Å². The third kappa shape index (κ3) is 3.52. The van der Waals surface area contributed by atoms with Gasteiger partial charge in [0.25, 0.3) is 0 Å². The first kappa shape index (κ1) is 16.3. The van der Waals surface area contributed by atoms with Crippen LogP contribution in [-0.2, 0) is 11.0 Å². The predicted octanol–water partition coefficient (Wildman–Crippen LogP) is 3.04. The number of nitrogens with zero attached hydrogens (tertiary/aromatic N) is 1. The number of rotatable bonds is 4. The number of benzene rings is 1. The summed E-state index contributed by atoms with van der Waals surface area (Å²) in [4.78, 5) is 14.1. The Morgan fingerprint density at radius 1 is 1.22 bits per heavy atom. The number of hydrogen-bond acceptors (Lipinski definition) is 2. The summed E-state index contributed by atoms with van der Waals surface area (Å²) in [7, 11) is 1.76. The zero-order chi connectivity index (χ0) is 16.8. The van der Waals surface area contributed by atoms with Crippen molar-refractivity contribution in [2.24, 2.45) is 11.8 Å². The minimum absolute atomic E-state index is 0.0271. The molecule has 126 valence electrons. The van der Waals surface area contributed by atoms with Crippen molar-refractivity contribution in [3.8, 4) is 0 Å². The average Bonchev–Trinajstić information content (AvgIpc) is 3.24. The number of carbonyl (C=O) groups excluding carboxylic acids is 1. The van der Waals surface area contributed by atoms with Gasteiger partial charge in [-0.15, -0.1) is 0 Å². The largest absolute Gasteiger partial charge is 0.416 e. The summed E-state index contributed by atoms with van der Waals surface area (Å²) in [5.41, 5.74) is 0.134. The second-order valence-corrected chi connectivity index (χ2v) is 6.78. The average molecular weight is 327 g/mol. The molecule has 3 nitrogen and oxygen atoms in total. The van der Waals surface area contributed by atoms with Gasteiger partial charge in [0.2, 0.25) is 5.91 Å². The van der Waals surface area contributed by atoms with E-state index in [0.29, 0.717) is 18.9 Å². The summed E-state index contributed by atoms with van der Waals surface area (Å²) in [6.45, 7) is 0.645. The molecule has 0 radical (unpaired) electrons. The highest BCUT2D eigenvalue weighted by Gasteiger charge is 2.46. The van der Waals surface area contributed by atoms with Crippen LogP contribution in [-0.4, -0.2) is 35.6 Å². The van der Waals surface area contributed by atoms with E-state index in [4.69, 9.17) is 0 Å². The van der Waals surface area contributed by atoms with Crippen LogP contribution in [0.15, 0.2) is 24.3 Å². The van der Waals surface area contributed by atoms with E-state index in [1.54, 1.807) is 11.9 Å². The van der Waals surface area contributed by atoms with Crippen molar-refractivity contribution in [3.05, 3.63) is 35.4 Å². The van der Waals surface area contributed by atoms with Crippen LogP contribution < -0.4 is 0 Å². The molecule has 23 heavy (non-hydrogen) atoms. The fourth-order valence-electron chi connectivity index (χ4n) is 3.37. The summed E-state index contributed by atoms with van der Waals surface area (Å²) in [5, 5.41) is 9.28. The molecule has 2 aliphatic rings. The molecule has 0 heterocycles. The molecular formula is C17H20F3NO2. The van der Waals surface area contributed by atoms with E-state index < -0.39 is 11.7 Å². The lowest BCUT2D eigenvalue weighted by molar-refractivity contribution is -0.137. The molecule has 1 aromatic rings. The highest BCUT2D eigenvalue weighted by atomic mass is 19.4. The molecule has 0 aromatic heterocycles. The Morgan fingerprint density at radius 2 is 1.83 bits per heavy atom. The molecule has 2 unspecified atom stereocenters. The van der Waals surface area contributed by atoms with Crippen LogP contribution in [0, 0.1) is 11.8 Å². The van der Waals surface area contributed by atoms with Gasteiger partial charge in [-0.3, -0.25) is 4.79 Å². The van der Waals surface area contributed by atoms with Crippen molar-refractivity contribution in [2.75, 3.05) is 13.6 Å². The highest BCUT2D eigenvalue weighted by Crippen LogP contribution is 2.49. The Kier molecular flexibility index (Phi) is 4.12. The zero-order valence-corrected chi connectivity index (χ0v) is 12.9. The van der Waals surface area contributed by atoms with Gasteiger partial charge < -0.3 is 10.0 Å². The van der Waals surface area contributed by atoms with Crippen molar-refractivity contribution < 1.29 is 23.1 Å². The van der Waals surface area contributed by atoms with Crippen LogP contribution >= 0.6 is 0 Å². The third-order valence-electron chi connectivity index (χ3n) is 4.89. The Morgan fingerprint density at radius 3 is 2.35 bits per heavy atom. The molecular weight excluding hydrogens is 307 g/mol. The molecule has 6 heteroatoms. The first-order valence-electron chi connectivity index (χ1n) is 7.86. The number of aliphatic hydroxyl groups excluding tert-OH is 1. The van der Waals surface area contributed by atoms with Crippen LogP contribution in [0.1, 0.15) is 36.3 Å². The summed E-state index contributed by atoms with van der Waals surface area (Å²) in [6.07, 6.45) is -2.38. The summed E-state index contributed by atoms with van der Waals surface area (Å²) < 4.78 is 37.7. The van der Waals surface area contributed by atoms with Gasteiger partial charge in [0, 0.05) is 19.5 Å². The minimum Gasteiger partial charge on any atom is -0.393 e. The van der Waals surface area contributed by atoms with Crippen molar-refractivity contribution in [3.63, 3.8) is 0 Å². The SMILES string of the molecule is CN(CC1CC(O)C1)C(=O)C1CC1c1ccc(C(F)(F)F)cc1. The molecule has 2 saturated carbocycles. The molecule has 3 rings (SSSR count). The zero-order valence-electron chi connectivity index (χ0n) is 12.9. The van der Waals surface area contributed by atoms with E-state index in [-0.39, 0.29) is 23.8 Å². The van der Waals surface area contributed by atoms with Crippen molar-refractivity contribution >= 4 is 5.91 Å². The van der Waals surface area contributed by atoms with E-state index in [1.807, 2.05) is 0 Å². The van der Waals surface area contributed by atoms with Gasteiger partial charge in [0.05, 0.1) is 11.7 Å². The second kappa shape index (κ2) is 5.82. The van der Waals surface area contributed by atoms with E-state index in [0.717, 1.165) is 30.5 Å². The lowest BCUT2D eigenvalue weighted by atomic mass is 9.82. The first-order chi connectivity index (χ1) is 10.8. The number of aliphatic hydroxyl groups is 1. The molecule has 0 saturated heterocycles. The minimum atomic E-state index is -4.33. The van der Waals surface area contributed by atoms with Gasteiger partial charge in [-0.25, -0.2) is 0 Å². The van der Waals surface area contributed by atoms with Crippen molar-refractivity contribution in [1.82, 2.24) is 4.90 Å². The number of halogens is 3. The molecule has 0 spiro atoms. The van der Waals surface area contributed by atoms with Gasteiger partial charge in [-0.2, -0.15) is 13.2 Å². The molecule has 2 fully saturated rings. The van der Waals surface area contributed by atoms with E-state index in [2.05, 4.69) is 0 Å². The van der Waals surface area contributed by atoms with E-state index in [9.17, 15) is 23.1 Å². The standard InChI is InChI=1S/C17H20F3NO2/c1-21(9-10-6-13(22)7-10)16(23)15-8-14(15)11-2-4-12(5-3-11)17(18,19)20/h2-5,10,13-15,22H,6-9H2,1H3. The van der Waals surface area contributed by atoms with Crippen molar-refractivity contribution in [2.45, 2.75) is 37.5 Å². The maximum atomic E-state index is 12.6. The quantitative estimate of drug-likeness (QED) is 0.923. The van der Waals surface area contributed by atoms with E-state index >= 15 is 0 Å². The summed E-state index contributed by atoms with van der Waals surface area (Å²) >= 11 is 0. The maximum Gasteiger partial charge on any atom is 0.416 e. The van der Waals surface area contributed by atoms with Crippen LogP contribution in [0.25, 0.3) is 0 Å². The molecule has 2 aliphatic carbocycles. The monoisotopic (exact) mass is 327 g/mol. The number of hydrogen-bond donors (Lipinski definition) is 1. The smallest absolute Gasteiger partial charge is 0.393 e. The summed E-state index contributed by atoms with van der Waals surface area (Å²) in [6, 6.07) is 5.11. The van der Waals surface area contributed by atoms with Gasteiger partial charge in [-0.05, 0) is 48.8 Å². The van der Waals surface area contributed by atoms with Crippen LogP contribution in [0.4, 0.5) is 13.2 Å². The molecule has 0 bridgehead atoms. The molecule has 2 atom stereocenters.